The number of anilines is 1. The summed E-state index contributed by atoms with van der Waals surface area (Å²) in [5.41, 5.74) is 1.12. The molecular weight excluding hydrogens is 363 g/mol. The fourth-order valence-corrected chi connectivity index (χ4v) is 2.27. The van der Waals surface area contributed by atoms with Gasteiger partial charge in [0.25, 0.3) is 11.8 Å². The molecule has 26 heavy (non-hydrogen) atoms. The molecule has 0 atom stereocenters. The van der Waals surface area contributed by atoms with Crippen molar-refractivity contribution in [3.05, 3.63) is 64.4 Å². The van der Waals surface area contributed by atoms with Gasteiger partial charge in [-0.1, -0.05) is 23.7 Å². The molecule has 8 heteroatoms. The summed E-state index contributed by atoms with van der Waals surface area (Å²) in [5.74, 6) is -2.81. The van der Waals surface area contributed by atoms with Gasteiger partial charge in [0.05, 0.1) is 5.56 Å². The lowest BCUT2D eigenvalue weighted by Gasteiger charge is -2.10. The van der Waals surface area contributed by atoms with Crippen LogP contribution in [-0.2, 0) is 14.3 Å². The smallest absolute Gasteiger partial charge is 0.325 e. The summed E-state index contributed by atoms with van der Waals surface area (Å²) >= 11 is 5.83. The maximum absolute atomic E-state index is 13.4. The third kappa shape index (κ3) is 5.56. The summed E-state index contributed by atoms with van der Waals surface area (Å²) in [7, 11) is 0. The average Bonchev–Trinajstić information content (AvgIpc) is 2.60. The molecule has 2 aromatic carbocycles. The second kappa shape index (κ2) is 8.96. The van der Waals surface area contributed by atoms with Gasteiger partial charge < -0.3 is 15.4 Å². The summed E-state index contributed by atoms with van der Waals surface area (Å²) in [5, 5.41) is 5.35. The molecule has 0 saturated carbocycles. The molecule has 0 fully saturated rings. The van der Waals surface area contributed by atoms with Gasteiger partial charge in [0.15, 0.2) is 6.61 Å². The van der Waals surface area contributed by atoms with Crippen molar-refractivity contribution >= 4 is 35.1 Å². The van der Waals surface area contributed by atoms with E-state index in [9.17, 15) is 18.8 Å². The van der Waals surface area contributed by atoms with Gasteiger partial charge in [0.1, 0.15) is 12.4 Å². The number of halogens is 2. The Labute approximate surface area is 154 Å². The van der Waals surface area contributed by atoms with Crippen LogP contribution in [0.1, 0.15) is 15.9 Å². The standard InChI is InChI=1S/C18H16ClFN2O4/c1-11-8-12(19)6-7-15(11)22-16(23)10-26-17(24)9-21-18(25)13-4-2-3-5-14(13)20/h2-8H,9-10H2,1H3,(H,21,25)(H,22,23). The molecule has 0 radical (unpaired) electrons. The third-order valence-corrected chi connectivity index (χ3v) is 3.57. The Kier molecular flexibility index (Phi) is 6.68. The number of aryl methyl sites for hydroxylation is 1. The van der Waals surface area contributed by atoms with Gasteiger partial charge >= 0.3 is 5.97 Å². The number of esters is 1. The minimum atomic E-state index is -0.822. The summed E-state index contributed by atoms with van der Waals surface area (Å²) in [6.45, 7) is 0.767. The lowest BCUT2D eigenvalue weighted by Crippen LogP contribution is -2.32. The first kappa shape index (κ1) is 19.4. The fourth-order valence-electron chi connectivity index (χ4n) is 2.04. The highest BCUT2D eigenvalue weighted by Gasteiger charge is 2.14. The Balaban J connectivity index is 1.77. The number of carbonyl (C=O) groups is 3. The lowest BCUT2D eigenvalue weighted by molar-refractivity contribution is -0.146. The van der Waals surface area contributed by atoms with E-state index in [1.807, 2.05) is 0 Å². The van der Waals surface area contributed by atoms with Gasteiger partial charge in [-0.2, -0.15) is 0 Å². The second-order valence-electron chi connectivity index (χ2n) is 5.33. The number of amides is 2. The molecular formula is C18H16ClFN2O4. The predicted octanol–water partition coefficient (Wildman–Crippen LogP) is 2.70. The Morgan fingerprint density at radius 2 is 1.88 bits per heavy atom. The molecule has 0 unspecified atom stereocenters. The van der Waals surface area contributed by atoms with Crippen molar-refractivity contribution in [1.29, 1.82) is 0 Å². The summed E-state index contributed by atoms with van der Waals surface area (Å²) in [4.78, 5) is 35.2. The minimum absolute atomic E-state index is 0.184. The fraction of sp³-hybridized carbons (Fsp3) is 0.167. The van der Waals surface area contributed by atoms with Gasteiger partial charge in [-0.3, -0.25) is 14.4 Å². The van der Waals surface area contributed by atoms with E-state index < -0.39 is 36.8 Å². The van der Waals surface area contributed by atoms with Crippen molar-refractivity contribution in [2.45, 2.75) is 6.92 Å². The second-order valence-corrected chi connectivity index (χ2v) is 5.77. The lowest BCUT2D eigenvalue weighted by atomic mass is 10.2. The number of ether oxygens (including phenoxy) is 1. The Bertz CT molecular complexity index is 842. The van der Waals surface area contributed by atoms with Crippen LogP contribution in [0.3, 0.4) is 0 Å². The van der Waals surface area contributed by atoms with E-state index >= 15 is 0 Å². The van der Waals surface area contributed by atoms with Crippen LogP contribution in [0.25, 0.3) is 0 Å². The molecule has 6 nitrogen and oxygen atoms in total. The van der Waals surface area contributed by atoms with Crippen LogP contribution in [0.4, 0.5) is 10.1 Å². The van der Waals surface area contributed by atoms with E-state index in [2.05, 4.69) is 10.6 Å². The molecule has 2 aromatic rings. The van der Waals surface area contributed by atoms with E-state index in [0.717, 1.165) is 11.6 Å². The van der Waals surface area contributed by atoms with Crippen LogP contribution < -0.4 is 10.6 Å². The van der Waals surface area contributed by atoms with Crippen LogP contribution >= 0.6 is 11.6 Å². The number of hydrogen-bond acceptors (Lipinski definition) is 4. The molecule has 0 spiro atoms. The molecule has 0 bridgehead atoms. The van der Waals surface area contributed by atoms with Crippen molar-refractivity contribution in [3.8, 4) is 0 Å². The number of hydrogen-bond donors (Lipinski definition) is 2. The zero-order valence-electron chi connectivity index (χ0n) is 13.8. The highest BCUT2D eigenvalue weighted by molar-refractivity contribution is 6.30. The first-order chi connectivity index (χ1) is 12.4. The van der Waals surface area contributed by atoms with E-state index in [1.165, 1.54) is 18.2 Å². The van der Waals surface area contributed by atoms with Gasteiger partial charge in [-0.15, -0.1) is 0 Å². The Morgan fingerprint density at radius 3 is 2.58 bits per heavy atom. The molecule has 0 aliphatic rings. The van der Waals surface area contributed by atoms with Crippen molar-refractivity contribution in [1.82, 2.24) is 5.32 Å². The monoisotopic (exact) mass is 378 g/mol. The highest BCUT2D eigenvalue weighted by Crippen LogP contribution is 2.19. The molecule has 2 rings (SSSR count). The minimum Gasteiger partial charge on any atom is -0.454 e. The first-order valence-corrected chi connectivity index (χ1v) is 7.99. The predicted molar refractivity (Wildman–Crippen MR) is 94.5 cm³/mol. The van der Waals surface area contributed by atoms with Crippen molar-refractivity contribution in [2.24, 2.45) is 0 Å². The van der Waals surface area contributed by atoms with Gasteiger partial charge in [0.2, 0.25) is 0 Å². The van der Waals surface area contributed by atoms with Crippen molar-refractivity contribution < 1.29 is 23.5 Å². The van der Waals surface area contributed by atoms with Crippen molar-refractivity contribution in [2.75, 3.05) is 18.5 Å². The zero-order valence-corrected chi connectivity index (χ0v) is 14.6. The molecule has 0 saturated heterocycles. The summed E-state index contributed by atoms with van der Waals surface area (Å²) in [6.07, 6.45) is 0. The van der Waals surface area contributed by atoms with Gasteiger partial charge in [-0.05, 0) is 42.8 Å². The van der Waals surface area contributed by atoms with Crippen molar-refractivity contribution in [3.63, 3.8) is 0 Å². The maximum atomic E-state index is 13.4. The molecule has 2 amide bonds. The Morgan fingerprint density at radius 1 is 1.15 bits per heavy atom. The van der Waals surface area contributed by atoms with Crippen LogP contribution in [-0.4, -0.2) is 30.9 Å². The van der Waals surface area contributed by atoms with Gasteiger partial charge in [0, 0.05) is 10.7 Å². The SMILES string of the molecule is Cc1cc(Cl)ccc1NC(=O)COC(=O)CNC(=O)c1ccccc1F. The summed E-state index contributed by atoms with van der Waals surface area (Å²) in [6, 6.07) is 10.3. The highest BCUT2D eigenvalue weighted by atomic mass is 35.5. The maximum Gasteiger partial charge on any atom is 0.325 e. The van der Waals surface area contributed by atoms with E-state index in [-0.39, 0.29) is 5.56 Å². The topological polar surface area (TPSA) is 84.5 Å². The number of nitrogens with one attached hydrogen (secondary N) is 2. The quantitative estimate of drug-likeness (QED) is 0.757. The van der Waals surface area contributed by atoms with Crippen LogP contribution in [0, 0.1) is 12.7 Å². The Hall–Kier alpha value is -2.93. The molecule has 0 aliphatic heterocycles. The molecule has 2 N–H and O–H groups in total. The number of carbonyl (C=O) groups excluding carboxylic acids is 3. The summed E-state index contributed by atoms with van der Waals surface area (Å²) < 4.78 is 18.2. The molecule has 0 heterocycles. The average molecular weight is 379 g/mol. The molecule has 136 valence electrons. The van der Waals surface area contributed by atoms with E-state index in [4.69, 9.17) is 16.3 Å². The largest absolute Gasteiger partial charge is 0.454 e. The third-order valence-electron chi connectivity index (χ3n) is 3.34. The van der Waals surface area contributed by atoms with E-state index in [0.29, 0.717) is 10.7 Å². The van der Waals surface area contributed by atoms with Crippen LogP contribution in [0.15, 0.2) is 42.5 Å². The van der Waals surface area contributed by atoms with Gasteiger partial charge in [-0.25, -0.2) is 4.39 Å². The number of rotatable bonds is 6. The molecule has 0 aliphatic carbocycles. The molecule has 0 aromatic heterocycles. The van der Waals surface area contributed by atoms with E-state index in [1.54, 1.807) is 25.1 Å². The van der Waals surface area contributed by atoms with Crippen LogP contribution in [0.5, 0.6) is 0 Å². The normalized spacial score (nSPS) is 10.1. The van der Waals surface area contributed by atoms with Crippen LogP contribution in [0.2, 0.25) is 5.02 Å². The number of benzene rings is 2. The zero-order chi connectivity index (χ0) is 19.1. The first-order valence-electron chi connectivity index (χ1n) is 7.61.